The van der Waals surface area contributed by atoms with E-state index in [9.17, 15) is 13.2 Å². The lowest BCUT2D eigenvalue weighted by Gasteiger charge is -2.44. The maximum atomic E-state index is 13.0. The molecule has 1 amide bonds. The Morgan fingerprint density at radius 2 is 1.92 bits per heavy atom. The van der Waals surface area contributed by atoms with Crippen molar-refractivity contribution in [3.63, 3.8) is 0 Å². The van der Waals surface area contributed by atoms with Crippen LogP contribution in [0.3, 0.4) is 0 Å². The molecule has 1 spiro atoms. The molecule has 2 aromatic carbocycles. The van der Waals surface area contributed by atoms with Gasteiger partial charge in [0.05, 0.1) is 18.0 Å². The van der Waals surface area contributed by atoms with Gasteiger partial charge in [0.15, 0.2) is 0 Å². The molecule has 0 saturated heterocycles. The first-order valence-electron chi connectivity index (χ1n) is 13.8. The number of sulfonamides is 1. The maximum Gasteiger partial charge on any atom is 0.264 e. The lowest BCUT2D eigenvalue weighted by atomic mass is 9.69. The first-order chi connectivity index (χ1) is 18.3. The summed E-state index contributed by atoms with van der Waals surface area (Å²) in [6, 6.07) is 11.6. The highest BCUT2D eigenvalue weighted by atomic mass is 35.5. The lowest BCUT2D eigenvalue weighted by Crippen LogP contribution is -2.48. The molecule has 3 atom stereocenters. The van der Waals surface area contributed by atoms with Crippen molar-refractivity contribution in [2.45, 2.75) is 56.8 Å². The Balaban J connectivity index is 1.40. The number of rotatable bonds is 0. The number of hydrogen-bond acceptors (Lipinski definition) is 5. The maximum absolute atomic E-state index is 13.0. The molecule has 2 aliphatic carbocycles. The molecule has 0 unspecified atom stereocenters. The molecule has 1 saturated carbocycles. The van der Waals surface area contributed by atoms with Crippen LogP contribution in [0.5, 0.6) is 5.75 Å². The summed E-state index contributed by atoms with van der Waals surface area (Å²) in [5, 5.41) is 0.764. The van der Waals surface area contributed by atoms with Gasteiger partial charge in [-0.05, 0) is 105 Å². The topological polar surface area (TPSA) is 75.7 Å². The molecule has 38 heavy (non-hydrogen) atoms. The number of aryl methyl sites for hydroxylation is 1. The highest BCUT2D eigenvalue weighted by molar-refractivity contribution is 7.90. The Labute approximate surface area is 230 Å². The minimum Gasteiger partial charge on any atom is -0.490 e. The highest BCUT2D eigenvalue weighted by Gasteiger charge is 2.43. The Kier molecular flexibility index (Phi) is 6.93. The quantitative estimate of drug-likeness (QED) is 0.427. The van der Waals surface area contributed by atoms with Gasteiger partial charge in [0.2, 0.25) is 10.0 Å². The van der Waals surface area contributed by atoms with E-state index in [1.54, 1.807) is 6.07 Å². The van der Waals surface area contributed by atoms with Gasteiger partial charge in [-0.2, -0.15) is 0 Å². The summed E-state index contributed by atoms with van der Waals surface area (Å²) in [5.74, 6) is 1.28. The van der Waals surface area contributed by atoms with Crippen LogP contribution in [0, 0.1) is 11.8 Å². The number of carbonyl (C=O) groups excluding carboxylic acids is 1. The third-order valence-electron chi connectivity index (χ3n) is 8.97. The average Bonchev–Trinajstić information content (AvgIpc) is 3.02. The van der Waals surface area contributed by atoms with Gasteiger partial charge in [-0.25, -0.2) is 13.1 Å². The normalized spacial score (nSPS) is 29.6. The van der Waals surface area contributed by atoms with Crippen LogP contribution in [-0.4, -0.2) is 39.8 Å². The van der Waals surface area contributed by atoms with Crippen molar-refractivity contribution in [2.75, 3.05) is 30.3 Å². The number of hydrogen-bond donors (Lipinski definition) is 1. The molecule has 8 heteroatoms. The van der Waals surface area contributed by atoms with Gasteiger partial charge in [0, 0.05) is 29.1 Å². The third kappa shape index (κ3) is 5.07. The summed E-state index contributed by atoms with van der Waals surface area (Å²) in [6.45, 7) is 2.24. The van der Waals surface area contributed by atoms with E-state index in [1.807, 2.05) is 18.2 Å². The number of benzene rings is 2. The molecule has 2 bridgehead atoms. The zero-order chi connectivity index (χ0) is 26.3. The third-order valence-corrected chi connectivity index (χ3v) is 10.5. The Hall–Kier alpha value is -2.51. The second-order valence-electron chi connectivity index (χ2n) is 11.5. The number of halogens is 1. The number of nitrogens with one attached hydrogen (secondary N) is 1. The minimum absolute atomic E-state index is 0.0682. The van der Waals surface area contributed by atoms with E-state index in [-0.39, 0.29) is 11.2 Å². The molecule has 1 N–H and O–H groups in total. The number of carbonyl (C=O) groups is 1. The van der Waals surface area contributed by atoms with Crippen molar-refractivity contribution in [2.24, 2.45) is 11.8 Å². The number of nitrogens with zero attached hydrogens (tertiary/aromatic N) is 1. The van der Waals surface area contributed by atoms with Crippen LogP contribution in [0.1, 0.15) is 66.4 Å². The van der Waals surface area contributed by atoms with Crippen molar-refractivity contribution >= 4 is 33.2 Å². The summed E-state index contributed by atoms with van der Waals surface area (Å²) in [5.41, 5.74) is 3.64. The summed E-state index contributed by atoms with van der Waals surface area (Å²) < 4.78 is 33.9. The Morgan fingerprint density at radius 1 is 1.05 bits per heavy atom. The van der Waals surface area contributed by atoms with Gasteiger partial charge in [-0.1, -0.05) is 29.8 Å². The zero-order valence-electron chi connectivity index (χ0n) is 21.6. The monoisotopic (exact) mass is 554 g/mol. The fourth-order valence-corrected chi connectivity index (χ4v) is 8.00. The van der Waals surface area contributed by atoms with Crippen molar-refractivity contribution in [3.8, 4) is 5.75 Å². The molecule has 2 heterocycles. The first-order valence-corrected chi connectivity index (χ1v) is 15.9. The number of ether oxygens (including phenoxy) is 1. The van der Waals surface area contributed by atoms with E-state index in [0.29, 0.717) is 36.8 Å². The van der Waals surface area contributed by atoms with Crippen LogP contribution in [0.25, 0.3) is 0 Å². The summed E-state index contributed by atoms with van der Waals surface area (Å²) in [7, 11) is -3.71. The molecular formula is C30H35ClN2O4S. The number of fused-ring (bicyclic) bond motifs is 4. The first kappa shape index (κ1) is 25.8. The number of allylic oxidation sites excluding steroid dienone is 2. The van der Waals surface area contributed by atoms with Crippen molar-refractivity contribution in [1.82, 2.24) is 4.72 Å². The van der Waals surface area contributed by atoms with Crippen LogP contribution in [0.15, 0.2) is 48.6 Å². The van der Waals surface area contributed by atoms with Gasteiger partial charge in [-0.15, -0.1) is 0 Å². The van der Waals surface area contributed by atoms with Gasteiger partial charge in [-0.3, -0.25) is 4.79 Å². The Morgan fingerprint density at radius 3 is 2.76 bits per heavy atom. The molecule has 0 radical (unpaired) electrons. The molecule has 6 rings (SSSR count). The molecule has 4 aliphatic rings. The van der Waals surface area contributed by atoms with E-state index >= 15 is 0 Å². The fraction of sp³-hybridized carbons (Fsp3) is 0.500. The molecule has 202 valence electrons. The van der Waals surface area contributed by atoms with E-state index in [0.717, 1.165) is 55.2 Å². The fourth-order valence-electron chi connectivity index (χ4n) is 6.76. The van der Waals surface area contributed by atoms with Crippen molar-refractivity contribution in [1.29, 1.82) is 0 Å². The lowest BCUT2D eigenvalue weighted by molar-refractivity contribution is 0.0981. The SMILES string of the molecule is O=C1NS(=O)(=O)CCC/C=C/C[C@@H]2CC[C@H]2CN2C[C@@]3(CCCc4cc(Cl)ccc43)COc3ccc1cc32. The molecule has 6 nitrogen and oxygen atoms in total. The molecule has 1 fully saturated rings. The second-order valence-corrected chi connectivity index (χ2v) is 13.8. The highest BCUT2D eigenvalue weighted by Crippen LogP contribution is 2.46. The summed E-state index contributed by atoms with van der Waals surface area (Å²) in [6.07, 6.45) is 12.1. The average molecular weight is 555 g/mol. The van der Waals surface area contributed by atoms with Gasteiger partial charge in [0.1, 0.15) is 5.75 Å². The number of anilines is 1. The van der Waals surface area contributed by atoms with Crippen LogP contribution in [-0.2, 0) is 21.9 Å². The molecule has 0 aromatic heterocycles. The van der Waals surface area contributed by atoms with E-state index in [1.165, 1.54) is 24.0 Å². The second kappa shape index (κ2) is 10.2. The summed E-state index contributed by atoms with van der Waals surface area (Å²) >= 11 is 6.37. The van der Waals surface area contributed by atoms with Crippen LogP contribution in [0.2, 0.25) is 5.02 Å². The molecule has 2 aliphatic heterocycles. The van der Waals surface area contributed by atoms with Gasteiger partial charge >= 0.3 is 0 Å². The summed E-state index contributed by atoms with van der Waals surface area (Å²) in [4.78, 5) is 15.5. The van der Waals surface area contributed by atoms with E-state index in [2.05, 4.69) is 33.9 Å². The zero-order valence-corrected chi connectivity index (χ0v) is 23.2. The van der Waals surface area contributed by atoms with Crippen LogP contribution in [0.4, 0.5) is 5.69 Å². The van der Waals surface area contributed by atoms with Gasteiger partial charge in [0.25, 0.3) is 5.91 Å². The van der Waals surface area contributed by atoms with Crippen molar-refractivity contribution < 1.29 is 17.9 Å². The van der Waals surface area contributed by atoms with Crippen LogP contribution < -0.4 is 14.4 Å². The Bertz CT molecular complexity index is 1370. The minimum atomic E-state index is -3.71. The molecular weight excluding hydrogens is 520 g/mol. The predicted molar refractivity (Wildman–Crippen MR) is 151 cm³/mol. The van der Waals surface area contributed by atoms with E-state index in [4.69, 9.17) is 16.3 Å². The van der Waals surface area contributed by atoms with Crippen LogP contribution >= 0.6 is 11.6 Å². The smallest absolute Gasteiger partial charge is 0.264 e. The predicted octanol–water partition coefficient (Wildman–Crippen LogP) is 5.64. The van der Waals surface area contributed by atoms with Gasteiger partial charge < -0.3 is 9.64 Å². The van der Waals surface area contributed by atoms with Crippen molar-refractivity contribution in [3.05, 3.63) is 70.3 Å². The molecule has 2 aromatic rings. The van der Waals surface area contributed by atoms with E-state index < -0.39 is 15.9 Å². The standard InChI is InChI=1S/C30H35ClN2O4S/c31-25-11-12-26-22(16-25)7-5-14-30(26)19-33-18-24-9-8-21(24)6-3-1-2-4-15-38(35,36)32-29(34)23-10-13-28(37-20-30)27(33)17-23/h1,3,10-13,16-17,21,24H,2,4-9,14-15,18-20H2,(H,32,34)/b3-1+/t21-,24+,30+/m1/s1. The largest absolute Gasteiger partial charge is 0.490 e. The number of amides is 1.